The largest absolute Gasteiger partial charge is 0.325 e. The van der Waals surface area contributed by atoms with Crippen molar-refractivity contribution < 1.29 is 4.39 Å². The molecule has 0 amide bonds. The molecule has 2 rings (SSSR count). The number of aryl methyl sites for hydroxylation is 1. The van der Waals surface area contributed by atoms with Gasteiger partial charge < -0.3 is 10.6 Å². The number of nitrogens with zero attached hydrogens (tertiary/aromatic N) is 1. The highest BCUT2D eigenvalue weighted by molar-refractivity contribution is 5.25. The maximum absolute atomic E-state index is 13.8. The molecule has 1 aliphatic carbocycles. The van der Waals surface area contributed by atoms with Crippen molar-refractivity contribution in [2.24, 2.45) is 5.73 Å². The molecule has 94 valence electrons. The van der Waals surface area contributed by atoms with Crippen LogP contribution in [0, 0.1) is 5.82 Å². The molecule has 0 saturated heterocycles. The second-order valence-electron chi connectivity index (χ2n) is 5.53. The van der Waals surface area contributed by atoms with Crippen LogP contribution >= 0.6 is 0 Å². The summed E-state index contributed by atoms with van der Waals surface area (Å²) in [4.78, 5) is 1.97. The molecule has 0 unspecified atom stereocenters. The van der Waals surface area contributed by atoms with E-state index in [1.54, 1.807) is 6.07 Å². The van der Waals surface area contributed by atoms with E-state index in [9.17, 15) is 4.39 Å². The molecule has 0 atom stereocenters. The molecule has 2 N–H and O–H groups in total. The molecule has 17 heavy (non-hydrogen) atoms. The zero-order valence-corrected chi connectivity index (χ0v) is 10.7. The van der Waals surface area contributed by atoms with Crippen molar-refractivity contribution in [1.29, 1.82) is 0 Å². The first-order valence-electron chi connectivity index (χ1n) is 6.19. The summed E-state index contributed by atoms with van der Waals surface area (Å²) in [5.74, 6) is -0.0990. The van der Waals surface area contributed by atoms with Crippen LogP contribution < -0.4 is 5.73 Å². The number of hydrogen-bond donors (Lipinski definition) is 1. The van der Waals surface area contributed by atoms with Crippen LogP contribution in [0.3, 0.4) is 0 Å². The summed E-state index contributed by atoms with van der Waals surface area (Å²) >= 11 is 0. The highest BCUT2D eigenvalue weighted by Crippen LogP contribution is 2.36. The monoisotopic (exact) mass is 236 g/mol. The molecule has 3 heteroatoms. The molecule has 1 aromatic rings. The second kappa shape index (κ2) is 4.75. The van der Waals surface area contributed by atoms with Crippen LogP contribution in [-0.4, -0.2) is 24.5 Å². The van der Waals surface area contributed by atoms with Crippen molar-refractivity contribution in [2.45, 2.75) is 37.8 Å². The molecular formula is C14H21FN2. The van der Waals surface area contributed by atoms with Crippen molar-refractivity contribution in [3.8, 4) is 0 Å². The van der Waals surface area contributed by atoms with Gasteiger partial charge in [0, 0.05) is 17.6 Å². The normalized spacial score (nSPS) is 17.5. The predicted molar refractivity (Wildman–Crippen MR) is 68.3 cm³/mol. The summed E-state index contributed by atoms with van der Waals surface area (Å²) in [6.45, 7) is 0.646. The van der Waals surface area contributed by atoms with E-state index in [1.165, 1.54) is 0 Å². The Kier molecular flexibility index (Phi) is 3.50. The first-order chi connectivity index (χ1) is 7.98. The third-order valence-corrected chi connectivity index (χ3v) is 3.41. The minimum absolute atomic E-state index is 0.0543. The fourth-order valence-electron chi connectivity index (χ4n) is 2.02. The number of benzene rings is 1. The van der Waals surface area contributed by atoms with Crippen LogP contribution in [0.25, 0.3) is 0 Å². The molecule has 1 saturated carbocycles. The van der Waals surface area contributed by atoms with Crippen LogP contribution in [0.5, 0.6) is 0 Å². The van der Waals surface area contributed by atoms with Crippen molar-refractivity contribution in [2.75, 3.05) is 14.1 Å². The van der Waals surface area contributed by atoms with Gasteiger partial charge in [0.2, 0.25) is 0 Å². The van der Waals surface area contributed by atoms with Gasteiger partial charge in [0.1, 0.15) is 5.82 Å². The average Bonchev–Trinajstić information content (AvgIpc) is 2.98. The Balaban J connectivity index is 1.97. The lowest BCUT2D eigenvalue weighted by Crippen LogP contribution is -2.22. The summed E-state index contributed by atoms with van der Waals surface area (Å²) in [6.07, 6.45) is 4.09. The van der Waals surface area contributed by atoms with Gasteiger partial charge in [-0.2, -0.15) is 0 Å². The van der Waals surface area contributed by atoms with Gasteiger partial charge in [-0.3, -0.25) is 0 Å². The number of rotatable bonds is 5. The molecule has 0 bridgehead atoms. The van der Waals surface area contributed by atoms with E-state index in [1.807, 2.05) is 31.1 Å². The average molecular weight is 236 g/mol. The summed E-state index contributed by atoms with van der Waals surface area (Å²) in [5.41, 5.74) is 7.90. The van der Waals surface area contributed by atoms with Crippen molar-refractivity contribution in [1.82, 2.24) is 4.90 Å². The molecule has 0 radical (unpaired) electrons. The fraction of sp³-hybridized carbons (Fsp3) is 0.571. The molecule has 0 aromatic heterocycles. The summed E-state index contributed by atoms with van der Waals surface area (Å²) in [6, 6.07) is 5.57. The van der Waals surface area contributed by atoms with Gasteiger partial charge in [0.15, 0.2) is 0 Å². The molecule has 1 aromatic carbocycles. The Morgan fingerprint density at radius 1 is 1.35 bits per heavy atom. The molecule has 0 heterocycles. The number of hydrogen-bond acceptors (Lipinski definition) is 2. The van der Waals surface area contributed by atoms with E-state index in [4.69, 9.17) is 5.73 Å². The minimum Gasteiger partial charge on any atom is -0.325 e. The van der Waals surface area contributed by atoms with Crippen LogP contribution in [-0.2, 0) is 13.0 Å². The zero-order chi connectivity index (χ0) is 12.5. The molecular weight excluding hydrogens is 215 g/mol. The van der Waals surface area contributed by atoms with E-state index in [0.29, 0.717) is 6.54 Å². The Morgan fingerprint density at radius 2 is 2.06 bits per heavy atom. The quantitative estimate of drug-likeness (QED) is 0.850. The first-order valence-corrected chi connectivity index (χ1v) is 6.19. The Bertz CT molecular complexity index is 397. The lowest BCUT2D eigenvalue weighted by molar-refractivity contribution is 0.392. The van der Waals surface area contributed by atoms with Crippen LogP contribution in [0.4, 0.5) is 4.39 Å². The lowest BCUT2D eigenvalue weighted by Gasteiger charge is -2.12. The van der Waals surface area contributed by atoms with Gasteiger partial charge in [-0.05, 0) is 51.4 Å². The van der Waals surface area contributed by atoms with E-state index in [2.05, 4.69) is 0 Å². The van der Waals surface area contributed by atoms with Crippen molar-refractivity contribution in [3.63, 3.8) is 0 Å². The molecule has 1 fully saturated rings. The highest BCUT2D eigenvalue weighted by Gasteiger charge is 2.37. The van der Waals surface area contributed by atoms with Gasteiger partial charge >= 0.3 is 0 Å². The second-order valence-corrected chi connectivity index (χ2v) is 5.53. The number of nitrogens with two attached hydrogens (primary N) is 1. The minimum atomic E-state index is -0.0990. The van der Waals surface area contributed by atoms with Crippen molar-refractivity contribution in [3.05, 3.63) is 35.1 Å². The molecule has 0 spiro atoms. The standard InChI is InChI=1S/C14H21FN2/c1-17(2)10-12-4-3-11(9-13(12)15)5-6-14(16)7-8-14/h3-4,9H,5-8,10,16H2,1-2H3. The highest BCUT2D eigenvalue weighted by atomic mass is 19.1. The van der Waals surface area contributed by atoms with E-state index >= 15 is 0 Å². The van der Waals surface area contributed by atoms with Crippen LogP contribution in [0.15, 0.2) is 18.2 Å². The molecule has 2 nitrogen and oxygen atoms in total. The summed E-state index contributed by atoms with van der Waals surface area (Å²) < 4.78 is 13.8. The molecule has 0 aliphatic heterocycles. The van der Waals surface area contributed by atoms with Gasteiger partial charge in [-0.15, -0.1) is 0 Å². The van der Waals surface area contributed by atoms with E-state index in [0.717, 1.165) is 36.8 Å². The SMILES string of the molecule is CN(C)Cc1ccc(CCC2(N)CC2)cc1F. The van der Waals surface area contributed by atoms with Crippen LogP contribution in [0.2, 0.25) is 0 Å². The van der Waals surface area contributed by atoms with Crippen molar-refractivity contribution >= 4 is 0 Å². The first kappa shape index (κ1) is 12.5. The molecule has 1 aliphatic rings. The van der Waals surface area contributed by atoms with Gasteiger partial charge in [-0.1, -0.05) is 12.1 Å². The summed E-state index contributed by atoms with van der Waals surface area (Å²) in [7, 11) is 3.89. The smallest absolute Gasteiger partial charge is 0.127 e. The Hall–Kier alpha value is -0.930. The van der Waals surface area contributed by atoms with Gasteiger partial charge in [0.05, 0.1) is 0 Å². The van der Waals surface area contributed by atoms with E-state index < -0.39 is 0 Å². The third kappa shape index (κ3) is 3.51. The van der Waals surface area contributed by atoms with Gasteiger partial charge in [-0.25, -0.2) is 4.39 Å². The fourth-order valence-corrected chi connectivity index (χ4v) is 2.02. The van der Waals surface area contributed by atoms with Crippen LogP contribution in [0.1, 0.15) is 30.4 Å². The third-order valence-electron chi connectivity index (χ3n) is 3.41. The van der Waals surface area contributed by atoms with E-state index in [-0.39, 0.29) is 11.4 Å². The topological polar surface area (TPSA) is 29.3 Å². The lowest BCUT2D eigenvalue weighted by atomic mass is 10.0. The maximum Gasteiger partial charge on any atom is 0.127 e. The Morgan fingerprint density at radius 3 is 2.59 bits per heavy atom. The number of halogens is 1. The maximum atomic E-state index is 13.8. The predicted octanol–water partition coefficient (Wildman–Crippen LogP) is 2.31. The zero-order valence-electron chi connectivity index (χ0n) is 10.7. The van der Waals surface area contributed by atoms with Gasteiger partial charge in [0.25, 0.3) is 0 Å². The Labute approximate surface area is 103 Å². The summed E-state index contributed by atoms with van der Waals surface area (Å²) in [5, 5.41) is 0.